The maximum Gasteiger partial charge on any atom is 0.397 e. The quantitative estimate of drug-likeness (QED) is 0.281. The van der Waals surface area contributed by atoms with Gasteiger partial charge in [-0.3, -0.25) is 8.74 Å². The standard InChI is InChI=1S/C8H11NO7S2.O2S/c9-7-3-1-2-4-8(7)17(10,11)15-5-6-16-18(12,13)14;1-3-2/h1-4H,5-6,9H2,(H,12,13,14);. The lowest BCUT2D eigenvalue weighted by Gasteiger charge is -2.07. The Labute approximate surface area is 124 Å². The summed E-state index contributed by atoms with van der Waals surface area (Å²) in [6, 6.07) is 5.64. The summed E-state index contributed by atoms with van der Waals surface area (Å²) < 4.78 is 76.8. The van der Waals surface area contributed by atoms with Gasteiger partial charge in [-0.2, -0.15) is 25.3 Å². The molecule has 0 amide bonds. The number of rotatable bonds is 6. The zero-order chi connectivity index (χ0) is 16.5. The zero-order valence-electron chi connectivity index (χ0n) is 10.2. The molecule has 10 nitrogen and oxygen atoms in total. The molecular formula is C8H11NO9S3. The van der Waals surface area contributed by atoms with Crippen molar-refractivity contribution in [2.24, 2.45) is 0 Å². The molecule has 0 aliphatic rings. The average Bonchev–Trinajstić information content (AvgIpc) is 2.35. The molecule has 0 heterocycles. The smallest absolute Gasteiger partial charge is 0.397 e. The molecule has 0 spiro atoms. The number of benzene rings is 1. The molecule has 1 rings (SSSR count). The Morgan fingerprint density at radius 1 is 1.05 bits per heavy atom. The molecule has 1 aromatic carbocycles. The highest BCUT2D eigenvalue weighted by molar-refractivity contribution is 7.87. The van der Waals surface area contributed by atoms with Crippen molar-refractivity contribution in [3.05, 3.63) is 24.3 Å². The van der Waals surface area contributed by atoms with Crippen LogP contribution in [0.3, 0.4) is 0 Å². The van der Waals surface area contributed by atoms with Crippen LogP contribution in [0.25, 0.3) is 0 Å². The van der Waals surface area contributed by atoms with E-state index in [1.165, 1.54) is 18.2 Å². The first kappa shape index (κ1) is 19.6. The van der Waals surface area contributed by atoms with E-state index in [4.69, 9.17) is 18.7 Å². The highest BCUT2D eigenvalue weighted by Crippen LogP contribution is 2.19. The fourth-order valence-electron chi connectivity index (χ4n) is 1.05. The second kappa shape index (κ2) is 8.81. The van der Waals surface area contributed by atoms with Crippen LogP contribution < -0.4 is 5.73 Å². The van der Waals surface area contributed by atoms with Gasteiger partial charge in [-0.05, 0) is 12.1 Å². The molecule has 0 aromatic heterocycles. The first-order chi connectivity index (χ1) is 9.64. The lowest BCUT2D eigenvalue weighted by molar-refractivity contribution is 0.205. The summed E-state index contributed by atoms with van der Waals surface area (Å²) in [6.45, 7) is -1.21. The van der Waals surface area contributed by atoms with Crippen LogP contribution in [0.15, 0.2) is 29.2 Å². The molecule has 120 valence electrons. The topological polar surface area (TPSA) is 167 Å². The van der Waals surface area contributed by atoms with Crippen molar-refractivity contribution in [1.29, 1.82) is 0 Å². The van der Waals surface area contributed by atoms with Crippen molar-refractivity contribution in [2.75, 3.05) is 18.9 Å². The van der Waals surface area contributed by atoms with E-state index in [2.05, 4.69) is 8.37 Å². The molecule has 21 heavy (non-hydrogen) atoms. The van der Waals surface area contributed by atoms with Gasteiger partial charge in [0, 0.05) is 0 Å². The molecule has 0 saturated carbocycles. The molecule has 0 atom stereocenters. The van der Waals surface area contributed by atoms with Crippen LogP contribution >= 0.6 is 0 Å². The molecule has 0 aliphatic carbocycles. The summed E-state index contributed by atoms with van der Waals surface area (Å²) in [5.41, 5.74) is 5.46. The number of nitrogen functional groups attached to an aromatic ring is 1. The predicted molar refractivity (Wildman–Crippen MR) is 70.4 cm³/mol. The van der Waals surface area contributed by atoms with Crippen LogP contribution in [-0.4, -0.2) is 43.0 Å². The summed E-state index contributed by atoms with van der Waals surface area (Å²) in [5, 5.41) is 0. The first-order valence-corrected chi connectivity index (χ1v) is 8.35. The monoisotopic (exact) mass is 361 g/mol. The third kappa shape index (κ3) is 8.49. The van der Waals surface area contributed by atoms with Crippen LogP contribution in [0.1, 0.15) is 0 Å². The maximum atomic E-state index is 11.6. The molecule has 0 fully saturated rings. The minimum atomic E-state index is -4.61. The van der Waals surface area contributed by atoms with Gasteiger partial charge in [0.05, 0.1) is 18.9 Å². The van der Waals surface area contributed by atoms with Gasteiger partial charge in [-0.15, -0.1) is 0 Å². The van der Waals surface area contributed by atoms with Gasteiger partial charge < -0.3 is 5.73 Å². The van der Waals surface area contributed by atoms with Gasteiger partial charge in [0.1, 0.15) is 4.90 Å². The molecule has 0 unspecified atom stereocenters. The van der Waals surface area contributed by atoms with Crippen molar-refractivity contribution in [1.82, 2.24) is 0 Å². The van der Waals surface area contributed by atoms with Gasteiger partial charge in [-0.25, -0.2) is 4.18 Å². The van der Waals surface area contributed by atoms with Crippen molar-refractivity contribution in [3.63, 3.8) is 0 Å². The molecule has 0 aliphatic heterocycles. The Morgan fingerprint density at radius 2 is 1.52 bits per heavy atom. The summed E-state index contributed by atoms with van der Waals surface area (Å²) in [7, 11) is -8.70. The fourth-order valence-corrected chi connectivity index (χ4v) is 2.35. The van der Waals surface area contributed by atoms with E-state index in [1.54, 1.807) is 6.07 Å². The third-order valence-electron chi connectivity index (χ3n) is 1.74. The van der Waals surface area contributed by atoms with E-state index in [1.807, 2.05) is 0 Å². The Morgan fingerprint density at radius 3 is 2.00 bits per heavy atom. The van der Waals surface area contributed by atoms with E-state index >= 15 is 0 Å². The van der Waals surface area contributed by atoms with Crippen molar-refractivity contribution >= 4 is 37.8 Å². The van der Waals surface area contributed by atoms with Crippen molar-refractivity contribution < 1.29 is 38.2 Å². The number of nitrogens with two attached hydrogens (primary N) is 1. The molecule has 13 heteroatoms. The van der Waals surface area contributed by atoms with E-state index in [0.29, 0.717) is 0 Å². The number of hydrogen-bond donors (Lipinski definition) is 2. The third-order valence-corrected chi connectivity index (χ3v) is 3.59. The van der Waals surface area contributed by atoms with Crippen molar-refractivity contribution in [2.45, 2.75) is 4.90 Å². The minimum absolute atomic E-state index is 0.00759. The zero-order valence-corrected chi connectivity index (χ0v) is 12.7. The molecule has 1 aromatic rings. The summed E-state index contributed by atoms with van der Waals surface area (Å²) in [6.07, 6.45) is 0. The molecule has 0 saturated heterocycles. The fraction of sp³-hybridized carbons (Fsp3) is 0.250. The van der Waals surface area contributed by atoms with Gasteiger partial charge >= 0.3 is 22.0 Å². The van der Waals surface area contributed by atoms with Crippen LogP contribution in [0.4, 0.5) is 5.69 Å². The summed E-state index contributed by atoms with van der Waals surface area (Å²) in [5.74, 6) is 0. The lowest BCUT2D eigenvalue weighted by Crippen LogP contribution is -2.15. The highest BCUT2D eigenvalue weighted by Gasteiger charge is 2.18. The second-order valence-electron chi connectivity index (χ2n) is 3.13. The average molecular weight is 361 g/mol. The molecule has 0 bridgehead atoms. The Bertz CT molecular complexity index is 691. The number of para-hydroxylation sites is 1. The summed E-state index contributed by atoms with van der Waals surface area (Å²) in [4.78, 5) is -0.225. The van der Waals surface area contributed by atoms with E-state index in [0.717, 1.165) is 0 Å². The SMILES string of the molecule is Nc1ccccc1S(=O)(=O)OCCOS(=O)(=O)O.O=S=O. The van der Waals surface area contributed by atoms with Gasteiger partial charge in [-0.1, -0.05) is 12.1 Å². The van der Waals surface area contributed by atoms with Crippen LogP contribution in [0, 0.1) is 0 Å². The van der Waals surface area contributed by atoms with Crippen molar-refractivity contribution in [3.8, 4) is 0 Å². The molecule has 3 N–H and O–H groups in total. The maximum absolute atomic E-state index is 11.6. The summed E-state index contributed by atoms with van der Waals surface area (Å²) >= 11 is -0.750. The normalized spacial score (nSPS) is 11.3. The van der Waals surface area contributed by atoms with Crippen LogP contribution in [0.5, 0.6) is 0 Å². The lowest BCUT2D eigenvalue weighted by atomic mass is 10.3. The van der Waals surface area contributed by atoms with Gasteiger partial charge in [0.25, 0.3) is 10.1 Å². The van der Waals surface area contributed by atoms with Gasteiger partial charge in [0.15, 0.2) is 0 Å². The van der Waals surface area contributed by atoms with E-state index < -0.39 is 45.3 Å². The number of hydrogen-bond acceptors (Lipinski definition) is 9. The largest absolute Gasteiger partial charge is 0.398 e. The Hall–Kier alpha value is -1.38. The second-order valence-corrected chi connectivity index (χ2v) is 5.94. The van der Waals surface area contributed by atoms with Crippen LogP contribution in [0.2, 0.25) is 0 Å². The van der Waals surface area contributed by atoms with E-state index in [-0.39, 0.29) is 10.6 Å². The number of anilines is 1. The minimum Gasteiger partial charge on any atom is -0.398 e. The Kier molecular flexibility index (Phi) is 8.23. The van der Waals surface area contributed by atoms with Gasteiger partial charge in [0.2, 0.25) is 0 Å². The highest BCUT2D eigenvalue weighted by atomic mass is 32.3. The predicted octanol–water partition coefficient (Wildman–Crippen LogP) is -0.877. The molecule has 0 radical (unpaired) electrons. The Balaban J connectivity index is 0.00000122. The molecular weight excluding hydrogens is 350 g/mol. The first-order valence-electron chi connectivity index (χ1n) is 4.91. The van der Waals surface area contributed by atoms with E-state index in [9.17, 15) is 16.8 Å². The van der Waals surface area contributed by atoms with Crippen LogP contribution in [-0.2, 0) is 40.5 Å².